The van der Waals surface area contributed by atoms with Gasteiger partial charge in [-0.1, -0.05) is 17.8 Å². The number of thiophene rings is 1. The van der Waals surface area contributed by atoms with Crippen molar-refractivity contribution in [3.63, 3.8) is 0 Å². The normalized spacial score (nSPS) is 18.0. The number of rotatable bonds is 5. The Morgan fingerprint density at radius 3 is 3.07 bits per heavy atom. The minimum Gasteiger partial charge on any atom is -0.454 e. The molecule has 1 saturated heterocycles. The van der Waals surface area contributed by atoms with Crippen LogP contribution in [0, 0.1) is 0 Å². The molecule has 2 aromatic heterocycles. The summed E-state index contributed by atoms with van der Waals surface area (Å²) in [6.07, 6.45) is 2.06. The number of benzene rings is 1. The Hall–Kier alpha value is -2.52. The number of carbonyl (C=O) groups excluding carboxylic acids is 1. The lowest BCUT2D eigenvalue weighted by atomic mass is 10.2. The maximum absolute atomic E-state index is 12.7. The molecule has 2 aliphatic rings. The molecule has 1 amide bonds. The third-order valence-corrected chi connectivity index (χ3v) is 6.57. The van der Waals surface area contributed by atoms with Crippen LogP contribution >= 0.6 is 23.1 Å². The summed E-state index contributed by atoms with van der Waals surface area (Å²) in [4.78, 5) is 15.9. The molecule has 0 radical (unpaired) electrons. The number of amides is 1. The smallest absolute Gasteiger partial charge is 0.277 e. The average Bonchev–Trinajstić information content (AvgIpc) is 3.51. The predicted octanol–water partition coefficient (Wildman–Crippen LogP) is 3.98. The minimum atomic E-state index is 0.101. The monoisotopic (exact) mass is 415 g/mol. The van der Waals surface area contributed by atoms with Crippen molar-refractivity contribution in [2.75, 3.05) is 19.1 Å². The quantitative estimate of drug-likeness (QED) is 0.583. The highest BCUT2D eigenvalue weighted by Crippen LogP contribution is 2.37. The Morgan fingerprint density at radius 1 is 1.25 bits per heavy atom. The zero-order valence-corrected chi connectivity index (χ0v) is 16.5. The Bertz CT molecular complexity index is 989. The zero-order chi connectivity index (χ0) is 18.9. The van der Waals surface area contributed by atoms with E-state index in [1.54, 1.807) is 11.3 Å². The number of ether oxygens (including phenoxy) is 2. The third kappa shape index (κ3) is 3.35. The van der Waals surface area contributed by atoms with Crippen LogP contribution in [0.3, 0.4) is 0 Å². The summed E-state index contributed by atoms with van der Waals surface area (Å²) in [5.41, 5.74) is 0.757. The van der Waals surface area contributed by atoms with Gasteiger partial charge in [0, 0.05) is 17.0 Å². The van der Waals surface area contributed by atoms with Gasteiger partial charge in [0.2, 0.25) is 18.6 Å². The molecule has 28 heavy (non-hydrogen) atoms. The predicted molar refractivity (Wildman–Crippen MR) is 105 cm³/mol. The van der Waals surface area contributed by atoms with Gasteiger partial charge in [-0.15, -0.1) is 21.5 Å². The second-order valence-electron chi connectivity index (χ2n) is 6.49. The number of carbonyl (C=O) groups is 1. The van der Waals surface area contributed by atoms with Crippen LogP contribution in [-0.2, 0) is 4.79 Å². The number of aromatic nitrogens is 2. The van der Waals surface area contributed by atoms with Gasteiger partial charge in [0.1, 0.15) is 0 Å². The van der Waals surface area contributed by atoms with Crippen LogP contribution in [0.2, 0.25) is 0 Å². The number of hydrogen-bond donors (Lipinski definition) is 0. The van der Waals surface area contributed by atoms with Crippen molar-refractivity contribution in [1.82, 2.24) is 15.1 Å². The molecule has 2 aliphatic heterocycles. The molecule has 144 valence electrons. The van der Waals surface area contributed by atoms with Gasteiger partial charge in [0.15, 0.2) is 11.5 Å². The van der Waals surface area contributed by atoms with Crippen LogP contribution in [0.5, 0.6) is 11.5 Å². The van der Waals surface area contributed by atoms with Gasteiger partial charge < -0.3 is 18.8 Å². The summed E-state index contributed by atoms with van der Waals surface area (Å²) in [6.45, 7) is 1.02. The number of nitrogens with zero attached hydrogens (tertiary/aromatic N) is 3. The summed E-state index contributed by atoms with van der Waals surface area (Å²) < 4.78 is 16.4. The van der Waals surface area contributed by atoms with Gasteiger partial charge in [-0.25, -0.2) is 0 Å². The molecule has 5 rings (SSSR count). The summed E-state index contributed by atoms with van der Waals surface area (Å²) in [5.74, 6) is 2.14. The van der Waals surface area contributed by atoms with Crippen molar-refractivity contribution in [2.45, 2.75) is 24.1 Å². The standard InChI is InChI=1S/C19H17N3O4S2/c23-17(22-7-1-3-13(22)16-4-2-8-27-16)10-28-19-21-20-18(26-19)12-5-6-14-15(9-12)25-11-24-14/h2,4-6,8-9,13H,1,3,7,10-11H2/t13-/m1/s1. The summed E-state index contributed by atoms with van der Waals surface area (Å²) in [5, 5.41) is 10.6. The van der Waals surface area contributed by atoms with Gasteiger partial charge in [-0.05, 0) is 42.5 Å². The number of likely N-dealkylation sites (tertiary alicyclic amines) is 1. The van der Waals surface area contributed by atoms with E-state index in [0.29, 0.717) is 22.6 Å². The van der Waals surface area contributed by atoms with Crippen LogP contribution in [0.4, 0.5) is 0 Å². The molecular formula is C19H17N3O4S2. The molecule has 7 nitrogen and oxygen atoms in total. The molecule has 4 heterocycles. The van der Waals surface area contributed by atoms with E-state index in [1.807, 2.05) is 29.2 Å². The molecule has 0 N–H and O–H groups in total. The fourth-order valence-electron chi connectivity index (χ4n) is 3.46. The van der Waals surface area contributed by atoms with Gasteiger partial charge >= 0.3 is 0 Å². The van der Waals surface area contributed by atoms with Crippen LogP contribution in [-0.4, -0.2) is 40.1 Å². The fraction of sp³-hybridized carbons (Fsp3) is 0.316. The SMILES string of the molecule is O=C(CSc1nnc(-c2ccc3c(c2)OCO3)o1)N1CCC[C@@H]1c1cccs1. The van der Waals surface area contributed by atoms with Crippen molar-refractivity contribution in [2.24, 2.45) is 0 Å². The van der Waals surface area contributed by atoms with Crippen molar-refractivity contribution in [3.05, 3.63) is 40.6 Å². The number of thioether (sulfide) groups is 1. The van der Waals surface area contributed by atoms with E-state index in [9.17, 15) is 4.79 Å². The van der Waals surface area contributed by atoms with Gasteiger partial charge in [0.05, 0.1) is 11.8 Å². The van der Waals surface area contributed by atoms with Crippen LogP contribution in [0.25, 0.3) is 11.5 Å². The first-order valence-corrected chi connectivity index (χ1v) is 10.8. The highest BCUT2D eigenvalue weighted by molar-refractivity contribution is 7.99. The summed E-state index contributed by atoms with van der Waals surface area (Å²) in [6, 6.07) is 9.80. The topological polar surface area (TPSA) is 77.7 Å². The first-order chi connectivity index (χ1) is 13.8. The molecule has 0 spiro atoms. The lowest BCUT2D eigenvalue weighted by molar-refractivity contribution is -0.129. The lowest BCUT2D eigenvalue weighted by Crippen LogP contribution is -2.31. The van der Waals surface area contributed by atoms with Crippen molar-refractivity contribution in [3.8, 4) is 23.0 Å². The maximum atomic E-state index is 12.7. The molecular weight excluding hydrogens is 398 g/mol. The van der Waals surface area contributed by atoms with Crippen molar-refractivity contribution in [1.29, 1.82) is 0 Å². The van der Waals surface area contributed by atoms with Gasteiger partial charge in [-0.3, -0.25) is 4.79 Å². The van der Waals surface area contributed by atoms with Gasteiger partial charge in [-0.2, -0.15) is 0 Å². The summed E-state index contributed by atoms with van der Waals surface area (Å²) >= 11 is 2.98. The van der Waals surface area contributed by atoms with E-state index in [1.165, 1.54) is 16.6 Å². The first-order valence-electron chi connectivity index (χ1n) is 8.97. The molecule has 0 bridgehead atoms. The van der Waals surface area contributed by atoms with Crippen LogP contribution in [0.1, 0.15) is 23.8 Å². The Balaban J connectivity index is 1.23. The molecule has 0 aliphatic carbocycles. The zero-order valence-electron chi connectivity index (χ0n) is 14.9. The second kappa shape index (κ2) is 7.48. The summed E-state index contributed by atoms with van der Waals surface area (Å²) in [7, 11) is 0. The van der Waals surface area contributed by atoms with Crippen molar-refractivity contribution >= 4 is 29.0 Å². The van der Waals surface area contributed by atoms with Crippen LogP contribution < -0.4 is 9.47 Å². The van der Waals surface area contributed by atoms with Crippen molar-refractivity contribution < 1.29 is 18.7 Å². The van der Waals surface area contributed by atoms with E-state index in [2.05, 4.69) is 21.6 Å². The Labute approximate surface area is 169 Å². The molecule has 1 fully saturated rings. The highest BCUT2D eigenvalue weighted by atomic mass is 32.2. The highest BCUT2D eigenvalue weighted by Gasteiger charge is 2.30. The maximum Gasteiger partial charge on any atom is 0.277 e. The van der Waals surface area contributed by atoms with E-state index >= 15 is 0 Å². The Kier molecular flexibility index (Phi) is 4.69. The largest absolute Gasteiger partial charge is 0.454 e. The fourth-order valence-corrected chi connectivity index (χ4v) is 4.99. The second-order valence-corrected chi connectivity index (χ2v) is 8.40. The molecule has 9 heteroatoms. The average molecular weight is 415 g/mol. The molecule has 1 atom stereocenters. The Morgan fingerprint density at radius 2 is 2.18 bits per heavy atom. The molecule has 0 unspecified atom stereocenters. The number of fused-ring (bicyclic) bond motifs is 1. The molecule has 3 aromatic rings. The van der Waals surface area contributed by atoms with Gasteiger partial charge in [0.25, 0.3) is 5.22 Å². The van der Waals surface area contributed by atoms with E-state index in [0.717, 1.165) is 24.9 Å². The third-order valence-electron chi connectivity index (χ3n) is 4.79. The van der Waals surface area contributed by atoms with E-state index in [4.69, 9.17) is 13.9 Å². The molecule has 1 aromatic carbocycles. The lowest BCUT2D eigenvalue weighted by Gasteiger charge is -2.23. The van der Waals surface area contributed by atoms with Crippen LogP contribution in [0.15, 0.2) is 45.4 Å². The molecule has 0 saturated carbocycles. The first kappa shape index (κ1) is 17.6. The minimum absolute atomic E-state index is 0.101. The number of hydrogen-bond acceptors (Lipinski definition) is 8. The van der Waals surface area contributed by atoms with E-state index in [-0.39, 0.29) is 24.5 Å². The van der Waals surface area contributed by atoms with E-state index < -0.39 is 0 Å².